The van der Waals surface area contributed by atoms with Gasteiger partial charge in [0.05, 0.1) is 51.3 Å². The average Bonchev–Trinajstić information content (AvgIpc) is 3.22. The molecule has 2 N–H and O–H groups in total. The summed E-state index contributed by atoms with van der Waals surface area (Å²) in [4.78, 5) is 1.63. The summed E-state index contributed by atoms with van der Waals surface area (Å²) < 4.78 is 12.0. The van der Waals surface area contributed by atoms with Gasteiger partial charge in [0, 0.05) is 17.5 Å². The molecule has 1 spiro atoms. The normalized spacial score (nSPS) is 27.8. The van der Waals surface area contributed by atoms with Crippen LogP contribution in [0.2, 0.25) is 0 Å². The third-order valence-corrected chi connectivity index (χ3v) is 6.66. The van der Waals surface area contributed by atoms with Crippen LogP contribution >= 0.6 is 0 Å². The van der Waals surface area contributed by atoms with Crippen LogP contribution in [0.3, 0.4) is 0 Å². The average molecular weight is 394 g/mol. The lowest BCUT2D eigenvalue weighted by atomic mass is 9.90. The van der Waals surface area contributed by atoms with Gasteiger partial charge >= 0.3 is 0 Å². The SMILES string of the molecule is CC[NH+]1CCC2(CC1)Oc1ccccc1[C@@H]1CC(c3ccc(O)c(OC)c3)=NN12. The Hall–Kier alpha value is -2.73. The number of hydrogen-bond donors (Lipinski definition) is 2. The van der Waals surface area contributed by atoms with Crippen molar-refractivity contribution in [2.24, 2.45) is 5.10 Å². The van der Waals surface area contributed by atoms with Gasteiger partial charge in [-0.25, -0.2) is 5.01 Å². The molecule has 0 aromatic heterocycles. The molecule has 0 saturated carbocycles. The lowest BCUT2D eigenvalue weighted by Crippen LogP contribution is -3.13. The van der Waals surface area contributed by atoms with Crippen molar-refractivity contribution in [3.8, 4) is 17.2 Å². The largest absolute Gasteiger partial charge is 0.504 e. The van der Waals surface area contributed by atoms with Gasteiger partial charge in [-0.1, -0.05) is 18.2 Å². The summed E-state index contributed by atoms with van der Waals surface area (Å²) in [5.74, 6) is 1.61. The fourth-order valence-electron chi connectivity index (χ4n) is 4.94. The predicted molar refractivity (Wildman–Crippen MR) is 111 cm³/mol. The first-order valence-electron chi connectivity index (χ1n) is 10.5. The van der Waals surface area contributed by atoms with Gasteiger partial charge in [-0.2, -0.15) is 5.10 Å². The van der Waals surface area contributed by atoms with Crippen molar-refractivity contribution in [3.63, 3.8) is 0 Å². The number of aromatic hydroxyl groups is 1. The zero-order valence-electron chi connectivity index (χ0n) is 17.0. The Morgan fingerprint density at radius 1 is 1.24 bits per heavy atom. The number of methoxy groups -OCH3 is 1. The number of ether oxygens (including phenoxy) is 2. The Balaban J connectivity index is 1.54. The third kappa shape index (κ3) is 2.94. The van der Waals surface area contributed by atoms with Gasteiger partial charge in [-0.15, -0.1) is 0 Å². The van der Waals surface area contributed by atoms with Crippen molar-refractivity contribution in [1.82, 2.24) is 5.01 Å². The van der Waals surface area contributed by atoms with Gasteiger partial charge in [0.25, 0.3) is 0 Å². The van der Waals surface area contributed by atoms with Gasteiger partial charge in [0.2, 0.25) is 5.72 Å². The van der Waals surface area contributed by atoms with E-state index in [4.69, 9.17) is 14.6 Å². The topological polar surface area (TPSA) is 58.7 Å². The summed E-state index contributed by atoms with van der Waals surface area (Å²) in [5.41, 5.74) is 2.82. The molecule has 1 fully saturated rings. The number of para-hydroxylation sites is 1. The first-order chi connectivity index (χ1) is 14.1. The smallest absolute Gasteiger partial charge is 0.208 e. The van der Waals surface area contributed by atoms with E-state index < -0.39 is 0 Å². The minimum absolute atomic E-state index is 0.146. The summed E-state index contributed by atoms with van der Waals surface area (Å²) in [6.45, 7) is 5.59. The first-order valence-corrected chi connectivity index (χ1v) is 10.5. The van der Waals surface area contributed by atoms with Crippen LogP contribution in [0.15, 0.2) is 47.6 Å². The molecular weight excluding hydrogens is 366 g/mol. The summed E-state index contributed by atoms with van der Waals surface area (Å²) in [5, 5.41) is 17.3. The number of likely N-dealkylation sites (tertiary alicyclic amines) is 1. The number of phenolic OH excluding ortho intramolecular Hbond substituents is 1. The molecule has 2 aromatic carbocycles. The van der Waals surface area contributed by atoms with E-state index in [0.29, 0.717) is 5.75 Å². The molecule has 3 aliphatic rings. The van der Waals surface area contributed by atoms with Crippen LogP contribution in [0, 0.1) is 0 Å². The zero-order chi connectivity index (χ0) is 20.0. The van der Waals surface area contributed by atoms with Crippen LogP contribution in [0.4, 0.5) is 0 Å². The molecular formula is C23H28N3O3+. The Morgan fingerprint density at radius 2 is 2.03 bits per heavy atom. The molecule has 2 aromatic rings. The predicted octanol–water partition coefficient (Wildman–Crippen LogP) is 2.34. The number of rotatable bonds is 3. The number of hydrogen-bond acceptors (Lipinski definition) is 5. The number of hydrazone groups is 1. The highest BCUT2D eigenvalue weighted by molar-refractivity contribution is 6.02. The van der Waals surface area contributed by atoms with Gasteiger partial charge in [-0.05, 0) is 31.2 Å². The van der Waals surface area contributed by atoms with Crippen LogP contribution in [-0.4, -0.2) is 48.3 Å². The Morgan fingerprint density at radius 3 is 2.79 bits per heavy atom. The second kappa shape index (κ2) is 6.95. The molecule has 3 aliphatic heterocycles. The lowest BCUT2D eigenvalue weighted by molar-refractivity contribution is -0.906. The number of phenols is 1. The maximum Gasteiger partial charge on any atom is 0.208 e. The molecule has 0 radical (unpaired) electrons. The summed E-state index contributed by atoms with van der Waals surface area (Å²) >= 11 is 0. The van der Waals surface area contributed by atoms with Crippen LogP contribution in [0.1, 0.15) is 43.4 Å². The molecule has 6 heteroatoms. The minimum Gasteiger partial charge on any atom is -0.504 e. The second-order valence-corrected chi connectivity index (χ2v) is 8.19. The molecule has 6 nitrogen and oxygen atoms in total. The van der Waals surface area contributed by atoms with Crippen molar-refractivity contribution >= 4 is 5.71 Å². The van der Waals surface area contributed by atoms with Crippen molar-refractivity contribution < 1.29 is 19.5 Å². The molecule has 152 valence electrons. The van der Waals surface area contributed by atoms with Crippen LogP contribution < -0.4 is 14.4 Å². The Kier molecular flexibility index (Phi) is 4.39. The zero-order valence-corrected chi connectivity index (χ0v) is 17.0. The van der Waals surface area contributed by atoms with E-state index in [2.05, 4.69) is 36.2 Å². The molecule has 3 heterocycles. The number of benzene rings is 2. The van der Waals surface area contributed by atoms with Crippen molar-refractivity contribution in [2.75, 3.05) is 26.7 Å². The standard InChI is InChI=1S/C23H27N3O3/c1-3-25-12-10-23(11-13-25)26-19(17-6-4-5-7-21(17)29-23)15-18(24-26)16-8-9-20(27)22(14-16)28-2/h4-9,14,19,27H,3,10-13,15H2,1-2H3/p+1/t19-/m0/s1. The number of quaternary nitrogens is 1. The van der Waals surface area contributed by atoms with Crippen LogP contribution in [0.25, 0.3) is 0 Å². The minimum atomic E-state index is -0.375. The monoisotopic (exact) mass is 394 g/mol. The highest BCUT2D eigenvalue weighted by atomic mass is 16.5. The Bertz CT molecular complexity index is 950. The highest BCUT2D eigenvalue weighted by Gasteiger charge is 2.52. The highest BCUT2D eigenvalue weighted by Crippen LogP contribution is 2.49. The van der Waals surface area contributed by atoms with E-state index in [0.717, 1.165) is 55.9 Å². The van der Waals surface area contributed by atoms with Gasteiger partial charge in [-0.3, -0.25) is 0 Å². The first kappa shape index (κ1) is 18.3. The van der Waals surface area contributed by atoms with E-state index in [9.17, 15) is 5.11 Å². The molecule has 0 bridgehead atoms. The summed E-state index contributed by atoms with van der Waals surface area (Å²) in [7, 11) is 1.57. The van der Waals surface area contributed by atoms with Crippen molar-refractivity contribution in [1.29, 1.82) is 0 Å². The van der Waals surface area contributed by atoms with Crippen molar-refractivity contribution in [3.05, 3.63) is 53.6 Å². The van der Waals surface area contributed by atoms with E-state index in [1.807, 2.05) is 12.1 Å². The molecule has 1 saturated heterocycles. The fraction of sp³-hybridized carbons (Fsp3) is 0.435. The Labute approximate surface area is 171 Å². The van der Waals surface area contributed by atoms with Crippen molar-refractivity contribution in [2.45, 2.75) is 38.0 Å². The maximum atomic E-state index is 9.96. The van der Waals surface area contributed by atoms with E-state index in [1.54, 1.807) is 18.1 Å². The molecule has 0 aliphatic carbocycles. The summed E-state index contributed by atoms with van der Waals surface area (Å²) in [6, 6.07) is 14.0. The molecule has 29 heavy (non-hydrogen) atoms. The number of nitrogens with zero attached hydrogens (tertiary/aromatic N) is 2. The van der Waals surface area contributed by atoms with E-state index in [-0.39, 0.29) is 17.5 Å². The number of fused-ring (bicyclic) bond motifs is 4. The van der Waals surface area contributed by atoms with Crippen LogP contribution in [0.5, 0.6) is 17.2 Å². The third-order valence-electron chi connectivity index (χ3n) is 6.66. The fourth-order valence-corrected chi connectivity index (χ4v) is 4.94. The quantitative estimate of drug-likeness (QED) is 0.839. The van der Waals surface area contributed by atoms with Gasteiger partial charge in [0.15, 0.2) is 11.5 Å². The summed E-state index contributed by atoms with van der Waals surface area (Å²) in [6.07, 6.45) is 2.76. The second-order valence-electron chi connectivity index (χ2n) is 8.19. The lowest BCUT2D eigenvalue weighted by Gasteiger charge is -2.50. The van der Waals surface area contributed by atoms with Gasteiger partial charge < -0.3 is 19.5 Å². The molecule has 0 unspecified atom stereocenters. The van der Waals surface area contributed by atoms with E-state index >= 15 is 0 Å². The maximum absolute atomic E-state index is 9.96. The number of piperidine rings is 1. The number of nitrogens with one attached hydrogen (secondary N) is 1. The molecule has 1 atom stereocenters. The molecule has 5 rings (SSSR count). The van der Waals surface area contributed by atoms with E-state index in [1.165, 1.54) is 5.56 Å². The van der Waals surface area contributed by atoms with Gasteiger partial charge in [0.1, 0.15) is 5.75 Å². The van der Waals surface area contributed by atoms with Crippen LogP contribution in [-0.2, 0) is 0 Å². The molecule has 0 amide bonds.